The van der Waals surface area contributed by atoms with E-state index in [0.717, 1.165) is 16.9 Å². The predicted molar refractivity (Wildman–Crippen MR) is 79.4 cm³/mol. The van der Waals surface area contributed by atoms with Crippen molar-refractivity contribution in [2.75, 3.05) is 6.54 Å². The van der Waals surface area contributed by atoms with Crippen molar-refractivity contribution in [3.8, 4) is 0 Å². The molecular formula is C15H15N3S. The molecule has 2 aromatic heterocycles. The molecule has 0 aliphatic carbocycles. The molecule has 2 heterocycles. The molecule has 4 heteroatoms. The molecule has 0 radical (unpaired) electrons. The van der Waals surface area contributed by atoms with Crippen LogP contribution in [0.3, 0.4) is 0 Å². The van der Waals surface area contributed by atoms with Crippen molar-refractivity contribution in [1.82, 2.24) is 9.97 Å². The number of pyridine rings is 1. The molecule has 0 aliphatic heterocycles. The van der Waals surface area contributed by atoms with Gasteiger partial charge in [0.15, 0.2) is 0 Å². The van der Waals surface area contributed by atoms with Gasteiger partial charge in [0, 0.05) is 24.9 Å². The molecule has 0 spiro atoms. The van der Waals surface area contributed by atoms with Crippen LogP contribution in [-0.2, 0) is 6.42 Å². The van der Waals surface area contributed by atoms with E-state index in [1.165, 1.54) is 10.3 Å². The van der Waals surface area contributed by atoms with Crippen LogP contribution in [0.2, 0.25) is 0 Å². The van der Waals surface area contributed by atoms with Crippen LogP contribution in [0.4, 0.5) is 0 Å². The van der Waals surface area contributed by atoms with Crippen molar-refractivity contribution in [1.29, 1.82) is 0 Å². The van der Waals surface area contributed by atoms with E-state index in [9.17, 15) is 0 Å². The van der Waals surface area contributed by atoms with Gasteiger partial charge < -0.3 is 5.73 Å². The molecule has 1 aromatic carbocycles. The smallest absolute Gasteiger partial charge is 0.0985 e. The van der Waals surface area contributed by atoms with E-state index < -0.39 is 0 Å². The average molecular weight is 269 g/mol. The third-order valence-corrected chi connectivity index (χ3v) is 4.35. The van der Waals surface area contributed by atoms with E-state index >= 15 is 0 Å². The molecule has 0 amide bonds. The van der Waals surface area contributed by atoms with Crippen LogP contribution in [0.1, 0.15) is 16.5 Å². The number of fused-ring (bicyclic) bond motifs is 1. The van der Waals surface area contributed by atoms with Crippen LogP contribution in [0.25, 0.3) is 10.2 Å². The molecule has 2 N–H and O–H groups in total. The van der Waals surface area contributed by atoms with Crippen molar-refractivity contribution in [3.05, 3.63) is 59.4 Å². The standard InChI is InChI=1S/C15H15N3S/c16-9-12(8-11-4-3-7-17-10-11)15-18-13-5-1-2-6-14(13)19-15/h1-7,10,12H,8-9,16H2. The third-order valence-electron chi connectivity index (χ3n) is 3.15. The molecule has 0 bridgehead atoms. The van der Waals surface area contributed by atoms with E-state index in [1.807, 2.05) is 30.5 Å². The lowest BCUT2D eigenvalue weighted by Crippen LogP contribution is -2.14. The van der Waals surface area contributed by atoms with Gasteiger partial charge in [-0.25, -0.2) is 4.98 Å². The molecule has 0 saturated carbocycles. The van der Waals surface area contributed by atoms with Crippen LogP contribution in [0, 0.1) is 0 Å². The fourth-order valence-electron chi connectivity index (χ4n) is 2.14. The molecule has 0 fully saturated rings. The van der Waals surface area contributed by atoms with E-state index in [2.05, 4.69) is 17.1 Å². The Hall–Kier alpha value is -1.78. The molecule has 1 atom stereocenters. The zero-order valence-electron chi connectivity index (χ0n) is 10.5. The molecule has 3 aromatic rings. The Bertz CT molecular complexity index is 630. The van der Waals surface area contributed by atoms with Crippen LogP contribution in [-0.4, -0.2) is 16.5 Å². The number of rotatable bonds is 4. The first kappa shape index (κ1) is 12.3. The highest BCUT2D eigenvalue weighted by Crippen LogP contribution is 2.28. The Morgan fingerprint density at radius 3 is 2.79 bits per heavy atom. The highest BCUT2D eigenvalue weighted by atomic mass is 32.1. The third kappa shape index (κ3) is 2.64. The Balaban J connectivity index is 1.89. The lowest BCUT2D eigenvalue weighted by Gasteiger charge is -2.11. The summed E-state index contributed by atoms with van der Waals surface area (Å²) < 4.78 is 1.22. The Morgan fingerprint density at radius 2 is 2.05 bits per heavy atom. The molecular weight excluding hydrogens is 254 g/mol. The maximum absolute atomic E-state index is 5.92. The van der Waals surface area contributed by atoms with Crippen molar-refractivity contribution in [2.45, 2.75) is 12.3 Å². The number of thiazole rings is 1. The summed E-state index contributed by atoms with van der Waals surface area (Å²) in [5, 5.41) is 1.12. The van der Waals surface area contributed by atoms with Crippen molar-refractivity contribution < 1.29 is 0 Å². The number of para-hydroxylation sites is 1. The second kappa shape index (κ2) is 5.47. The lowest BCUT2D eigenvalue weighted by molar-refractivity contribution is 0.689. The molecule has 3 nitrogen and oxygen atoms in total. The van der Waals surface area contributed by atoms with Gasteiger partial charge in [-0.3, -0.25) is 4.98 Å². The highest BCUT2D eigenvalue weighted by molar-refractivity contribution is 7.18. The predicted octanol–water partition coefficient (Wildman–Crippen LogP) is 2.98. The first-order valence-electron chi connectivity index (χ1n) is 6.31. The summed E-state index contributed by atoms with van der Waals surface area (Å²) in [7, 11) is 0. The van der Waals surface area contributed by atoms with Gasteiger partial charge in [0.25, 0.3) is 0 Å². The minimum absolute atomic E-state index is 0.265. The number of nitrogens with two attached hydrogens (primary N) is 1. The van der Waals surface area contributed by atoms with E-state index in [1.54, 1.807) is 17.5 Å². The number of benzene rings is 1. The van der Waals surface area contributed by atoms with E-state index in [0.29, 0.717) is 6.54 Å². The van der Waals surface area contributed by atoms with Gasteiger partial charge >= 0.3 is 0 Å². The summed E-state index contributed by atoms with van der Waals surface area (Å²) in [6.07, 6.45) is 4.58. The van der Waals surface area contributed by atoms with Gasteiger partial charge in [0.2, 0.25) is 0 Å². The van der Waals surface area contributed by atoms with Gasteiger partial charge in [0.1, 0.15) is 0 Å². The van der Waals surface area contributed by atoms with Gasteiger partial charge in [-0.1, -0.05) is 18.2 Å². The maximum atomic E-state index is 5.92. The summed E-state index contributed by atoms with van der Waals surface area (Å²) in [5.41, 5.74) is 8.19. The molecule has 96 valence electrons. The second-order valence-corrected chi connectivity index (χ2v) is 5.58. The molecule has 1 unspecified atom stereocenters. The minimum atomic E-state index is 0.265. The van der Waals surface area contributed by atoms with E-state index in [4.69, 9.17) is 10.7 Å². The number of nitrogens with zero attached hydrogens (tertiary/aromatic N) is 2. The minimum Gasteiger partial charge on any atom is -0.330 e. The molecule has 19 heavy (non-hydrogen) atoms. The Morgan fingerprint density at radius 1 is 1.16 bits per heavy atom. The Labute approximate surface area is 116 Å². The molecule has 3 rings (SSSR count). The van der Waals surface area contributed by atoms with Crippen LogP contribution in [0.5, 0.6) is 0 Å². The second-order valence-electron chi connectivity index (χ2n) is 4.52. The SMILES string of the molecule is NCC(Cc1cccnc1)c1nc2ccccc2s1. The summed E-state index contributed by atoms with van der Waals surface area (Å²) in [6, 6.07) is 12.3. The topological polar surface area (TPSA) is 51.8 Å². The maximum Gasteiger partial charge on any atom is 0.0985 e. The fourth-order valence-corrected chi connectivity index (χ4v) is 3.22. The monoisotopic (exact) mass is 269 g/mol. The fraction of sp³-hybridized carbons (Fsp3) is 0.200. The van der Waals surface area contributed by atoms with E-state index in [-0.39, 0.29) is 5.92 Å². The zero-order chi connectivity index (χ0) is 13.1. The van der Waals surface area contributed by atoms with Gasteiger partial charge in [0.05, 0.1) is 15.2 Å². The quantitative estimate of drug-likeness (QED) is 0.792. The Kier molecular flexibility index (Phi) is 3.53. The number of hydrogen-bond donors (Lipinski definition) is 1. The van der Waals surface area contributed by atoms with Crippen LogP contribution in [0.15, 0.2) is 48.8 Å². The van der Waals surface area contributed by atoms with Crippen molar-refractivity contribution in [3.63, 3.8) is 0 Å². The first-order valence-corrected chi connectivity index (χ1v) is 7.13. The number of hydrogen-bond acceptors (Lipinski definition) is 4. The van der Waals surface area contributed by atoms with Gasteiger partial charge in [-0.05, 0) is 30.2 Å². The average Bonchev–Trinajstić information content (AvgIpc) is 2.89. The summed E-state index contributed by atoms with van der Waals surface area (Å²) in [5.74, 6) is 0.265. The molecule has 0 aliphatic rings. The highest BCUT2D eigenvalue weighted by Gasteiger charge is 2.15. The normalized spacial score (nSPS) is 12.7. The summed E-state index contributed by atoms with van der Waals surface area (Å²) in [4.78, 5) is 8.85. The van der Waals surface area contributed by atoms with Crippen LogP contribution >= 0.6 is 11.3 Å². The van der Waals surface area contributed by atoms with Crippen molar-refractivity contribution >= 4 is 21.6 Å². The summed E-state index contributed by atoms with van der Waals surface area (Å²) in [6.45, 7) is 0.606. The first-order chi connectivity index (χ1) is 9.36. The number of aromatic nitrogens is 2. The molecule has 0 saturated heterocycles. The summed E-state index contributed by atoms with van der Waals surface area (Å²) >= 11 is 1.74. The van der Waals surface area contributed by atoms with Crippen molar-refractivity contribution in [2.24, 2.45) is 5.73 Å². The van der Waals surface area contributed by atoms with Gasteiger partial charge in [-0.15, -0.1) is 11.3 Å². The van der Waals surface area contributed by atoms with Crippen LogP contribution < -0.4 is 5.73 Å². The lowest BCUT2D eigenvalue weighted by atomic mass is 10.0. The largest absolute Gasteiger partial charge is 0.330 e. The van der Waals surface area contributed by atoms with Gasteiger partial charge in [-0.2, -0.15) is 0 Å². The zero-order valence-corrected chi connectivity index (χ0v) is 11.3.